The zero-order chi connectivity index (χ0) is 26.4. The van der Waals surface area contributed by atoms with E-state index in [9.17, 15) is 0 Å². The van der Waals surface area contributed by atoms with E-state index in [4.69, 9.17) is 28.3 Å². The van der Waals surface area contributed by atoms with Gasteiger partial charge in [0.25, 0.3) is 0 Å². The molecule has 36 heavy (non-hydrogen) atoms. The van der Waals surface area contributed by atoms with Gasteiger partial charge in [0.2, 0.25) is 0 Å². The second kappa shape index (κ2) is 15.7. The van der Waals surface area contributed by atoms with Gasteiger partial charge in [-0.2, -0.15) is 11.8 Å². The zero-order valence-electron chi connectivity index (χ0n) is 25.1. The molecule has 0 spiro atoms. The van der Waals surface area contributed by atoms with Gasteiger partial charge in [0, 0.05) is 17.1 Å². The van der Waals surface area contributed by atoms with Gasteiger partial charge < -0.3 is 17.1 Å². The van der Waals surface area contributed by atoms with Crippen LogP contribution in [0.4, 0.5) is 0 Å². The van der Waals surface area contributed by atoms with E-state index in [0.717, 1.165) is 46.3 Å². The summed E-state index contributed by atoms with van der Waals surface area (Å²) in [5.41, 5.74) is 0.992. The van der Waals surface area contributed by atoms with Crippen molar-refractivity contribution in [3.63, 3.8) is 0 Å². The average molecular weight is 615 g/mol. The minimum absolute atomic E-state index is 0. The molecule has 0 N–H and O–H groups in total. The molecule has 0 aromatic rings. The number of nitrogens with zero attached hydrogens (tertiary/aromatic N) is 1. The van der Waals surface area contributed by atoms with Crippen molar-refractivity contribution in [2.24, 2.45) is 23.7 Å². The summed E-state index contributed by atoms with van der Waals surface area (Å²) in [7, 11) is 8.04. The first-order valence-electron chi connectivity index (χ1n) is 14.2. The van der Waals surface area contributed by atoms with Crippen molar-refractivity contribution in [2.75, 3.05) is 6.61 Å². The number of hydrogen-bond donors (Lipinski definition) is 0. The molecule has 3 aliphatic rings. The Balaban J connectivity index is 0.00000154. The summed E-state index contributed by atoms with van der Waals surface area (Å²) >= 11 is 1.87. The Morgan fingerprint density at radius 3 is 2.11 bits per heavy atom. The molecule has 8 atom stereocenters. The average Bonchev–Trinajstić information content (AvgIpc) is 3.21. The summed E-state index contributed by atoms with van der Waals surface area (Å²) in [5, 5.41) is 1.88. The third kappa shape index (κ3) is 10.3. The summed E-state index contributed by atoms with van der Waals surface area (Å²) in [4.78, 5) is 5.78. The van der Waals surface area contributed by atoms with Gasteiger partial charge in [-0.05, 0) is 63.7 Å². The summed E-state index contributed by atoms with van der Waals surface area (Å²) < 4.78 is 5.94. The second-order valence-electron chi connectivity index (χ2n) is 13.7. The third-order valence-corrected chi connectivity index (χ3v) is 15.6. The summed E-state index contributed by atoms with van der Waals surface area (Å²) in [5.74, 6) is 3.67. The van der Waals surface area contributed by atoms with E-state index in [1.807, 2.05) is 0 Å². The van der Waals surface area contributed by atoms with E-state index in [0.29, 0.717) is 0 Å². The molecular weight excluding hydrogens is 557 g/mol. The molecule has 214 valence electrons. The standard InChI is InChI=1S/C28H54NOSSi.CH3.2ClH.Ti/c1-20-21(2)26(24-22-16-12-13-17-23(22)31-25(20)24)32(9,29-27(3,4)5)19-15-11-10-14-18-30-28(6,7)8;;;;/h20-26H,10-19H2,1-9H3;1H3;2*1H;/q2*-1;;;+2/p-2. The molecule has 1 heterocycles. The van der Waals surface area contributed by atoms with Gasteiger partial charge >= 0.3 is 35.6 Å². The number of hydrogen-bond acceptors (Lipinski definition) is 2. The monoisotopic (exact) mass is 613 g/mol. The van der Waals surface area contributed by atoms with Crippen LogP contribution in [-0.4, -0.2) is 36.5 Å². The second-order valence-corrected chi connectivity index (χ2v) is 21.9. The van der Waals surface area contributed by atoms with Crippen LogP contribution in [0.3, 0.4) is 0 Å². The van der Waals surface area contributed by atoms with Crippen LogP contribution in [0.2, 0.25) is 18.1 Å². The van der Waals surface area contributed by atoms with Crippen LogP contribution in [0.15, 0.2) is 0 Å². The fourth-order valence-corrected chi connectivity index (χ4v) is 15.8. The van der Waals surface area contributed by atoms with Gasteiger partial charge in [-0.25, -0.2) is 0 Å². The van der Waals surface area contributed by atoms with Gasteiger partial charge in [-0.15, -0.1) is 5.54 Å². The normalized spacial score (nSPS) is 33.5. The molecule has 0 aromatic carbocycles. The van der Waals surface area contributed by atoms with Crippen molar-refractivity contribution < 1.29 is 21.8 Å². The first-order valence-corrected chi connectivity index (χ1v) is 22.2. The van der Waals surface area contributed by atoms with E-state index in [2.05, 4.69) is 73.7 Å². The summed E-state index contributed by atoms with van der Waals surface area (Å²) in [6, 6.07) is 1.40. The van der Waals surface area contributed by atoms with Crippen molar-refractivity contribution in [2.45, 2.75) is 147 Å². The Bertz CT molecular complexity index is 629. The van der Waals surface area contributed by atoms with E-state index < -0.39 is 25.3 Å². The Labute approximate surface area is 248 Å². The number of fused-ring (bicyclic) bond motifs is 3. The topological polar surface area (TPSA) is 23.3 Å². The molecule has 1 aliphatic heterocycles. The predicted molar refractivity (Wildman–Crippen MR) is 165 cm³/mol. The van der Waals surface area contributed by atoms with Crippen molar-refractivity contribution in [1.29, 1.82) is 0 Å². The van der Waals surface area contributed by atoms with Crippen LogP contribution in [0.25, 0.3) is 4.98 Å². The van der Waals surface area contributed by atoms with Crippen LogP contribution >= 0.6 is 30.4 Å². The Morgan fingerprint density at radius 1 is 0.944 bits per heavy atom. The molecule has 1 saturated heterocycles. The molecule has 0 amide bonds. The van der Waals surface area contributed by atoms with Gasteiger partial charge in [0.1, 0.15) is 0 Å². The van der Waals surface area contributed by atoms with Crippen molar-refractivity contribution >= 4 is 38.6 Å². The quantitative estimate of drug-likeness (QED) is 0.147. The molecule has 0 aromatic heterocycles. The van der Waals surface area contributed by atoms with Crippen molar-refractivity contribution in [3.8, 4) is 0 Å². The molecule has 0 radical (unpaired) electrons. The fourth-order valence-electron chi connectivity index (χ4n) is 7.55. The maximum absolute atomic E-state index is 5.94. The molecular formula is C29H57Cl2NOSSiTi-2. The number of unbranched alkanes of at least 4 members (excludes halogenated alkanes) is 3. The van der Waals surface area contributed by atoms with E-state index in [1.165, 1.54) is 57.4 Å². The molecule has 3 rings (SSSR count). The number of halogens is 2. The SMILES string of the molecule is CC1C(C)C([Si](C)(CCCCCCOC(C)(C)C)[N-]C(C)(C)C)C2C3CCCCC3SC12.[CH3-].[Cl][Ti][Cl]. The maximum atomic E-state index is 5.94. The van der Waals surface area contributed by atoms with Crippen LogP contribution < -0.4 is 0 Å². The Hall–Kier alpha value is 1.78. The third-order valence-electron chi connectivity index (χ3n) is 8.71. The van der Waals surface area contributed by atoms with Crippen LogP contribution in [0, 0.1) is 31.1 Å². The van der Waals surface area contributed by atoms with Crippen molar-refractivity contribution in [3.05, 3.63) is 12.4 Å². The Morgan fingerprint density at radius 2 is 1.53 bits per heavy atom. The zero-order valence-corrected chi connectivity index (χ0v) is 30.0. The number of rotatable bonds is 9. The first-order chi connectivity index (χ1) is 16.2. The fraction of sp³-hybridized carbons (Fsp3) is 0.966. The number of thioether (sulfide) groups is 1. The number of ether oxygens (including phenoxy) is 1. The minimum atomic E-state index is -1.74. The summed E-state index contributed by atoms with van der Waals surface area (Å²) in [6.45, 7) is 22.4. The van der Waals surface area contributed by atoms with Gasteiger partial charge in [-0.3, -0.25) is 0 Å². The molecule has 3 fully saturated rings. The molecule has 2 aliphatic carbocycles. The first kappa shape index (κ1) is 35.8. The molecule has 0 bridgehead atoms. The molecule has 2 nitrogen and oxygen atoms in total. The molecule has 8 unspecified atom stereocenters. The van der Waals surface area contributed by atoms with Crippen LogP contribution in [0.5, 0.6) is 0 Å². The van der Waals surface area contributed by atoms with E-state index in [-0.39, 0.29) is 18.6 Å². The van der Waals surface area contributed by atoms with Gasteiger partial charge in [0.15, 0.2) is 0 Å². The van der Waals surface area contributed by atoms with Crippen LogP contribution in [-0.2, 0) is 21.8 Å². The van der Waals surface area contributed by atoms with Crippen molar-refractivity contribution in [1.82, 2.24) is 0 Å². The summed E-state index contributed by atoms with van der Waals surface area (Å²) in [6.07, 6.45) is 11.2. The van der Waals surface area contributed by atoms with E-state index >= 15 is 0 Å². The predicted octanol–water partition coefficient (Wildman–Crippen LogP) is 10.9. The van der Waals surface area contributed by atoms with Crippen LogP contribution in [0.1, 0.15) is 107 Å². The molecule has 7 heteroatoms. The van der Waals surface area contributed by atoms with E-state index in [1.54, 1.807) is 0 Å². The van der Waals surface area contributed by atoms with Gasteiger partial charge in [0.05, 0.1) is 5.60 Å². The van der Waals surface area contributed by atoms with Gasteiger partial charge in [-0.1, -0.05) is 93.1 Å². The Kier molecular flexibility index (Phi) is 15.6. The molecule has 2 saturated carbocycles.